The highest BCUT2D eigenvalue weighted by Gasteiger charge is 2.20. The summed E-state index contributed by atoms with van der Waals surface area (Å²) < 4.78 is 0. The number of hydrogen-bond donors (Lipinski definition) is 1. The van der Waals surface area contributed by atoms with Gasteiger partial charge in [0.25, 0.3) is 0 Å². The van der Waals surface area contributed by atoms with Crippen molar-refractivity contribution in [2.45, 2.75) is 32.6 Å². The Hall–Kier alpha value is -1.74. The lowest BCUT2D eigenvalue weighted by Gasteiger charge is -2.23. The molecule has 3 rings (SSSR count). The van der Waals surface area contributed by atoms with E-state index in [-0.39, 0.29) is 0 Å². The topological polar surface area (TPSA) is 37.8 Å². The van der Waals surface area contributed by atoms with Crippen LogP contribution in [0.15, 0.2) is 30.5 Å². The monoisotopic (exact) mass is 281 g/mol. The van der Waals surface area contributed by atoms with Crippen molar-refractivity contribution < 1.29 is 0 Å². The predicted molar refractivity (Wildman–Crippen MR) is 86.3 cm³/mol. The van der Waals surface area contributed by atoms with Crippen molar-refractivity contribution in [2.24, 2.45) is 5.92 Å². The molecule has 3 heteroatoms. The Labute approximate surface area is 126 Å². The van der Waals surface area contributed by atoms with Crippen molar-refractivity contribution in [3.63, 3.8) is 0 Å². The Bertz CT molecular complexity index is 604. The molecule has 21 heavy (non-hydrogen) atoms. The number of nitrogens with zero attached hydrogens (tertiary/aromatic N) is 2. The SMILES string of the molecule is CCc1ccc(-c2ncc3c(n2)CCC(CNC)C3)cc1. The van der Waals surface area contributed by atoms with Crippen LogP contribution >= 0.6 is 0 Å². The predicted octanol–water partition coefficient (Wildman–Crippen LogP) is 3.03. The molecule has 2 aromatic rings. The van der Waals surface area contributed by atoms with Crippen LogP contribution in [-0.2, 0) is 19.3 Å². The van der Waals surface area contributed by atoms with E-state index in [2.05, 4.69) is 41.5 Å². The molecular weight excluding hydrogens is 258 g/mol. The average molecular weight is 281 g/mol. The second-order valence-corrected chi connectivity index (χ2v) is 5.88. The van der Waals surface area contributed by atoms with Crippen molar-refractivity contribution in [3.8, 4) is 11.4 Å². The number of aryl methyl sites for hydroxylation is 2. The zero-order valence-corrected chi connectivity index (χ0v) is 12.9. The molecule has 0 aliphatic heterocycles. The van der Waals surface area contributed by atoms with Crippen LogP contribution in [0.4, 0.5) is 0 Å². The Morgan fingerprint density at radius 2 is 2.05 bits per heavy atom. The molecule has 0 fully saturated rings. The molecule has 1 heterocycles. The summed E-state index contributed by atoms with van der Waals surface area (Å²) in [5.41, 5.74) is 5.04. The third kappa shape index (κ3) is 3.13. The molecular formula is C18H23N3. The lowest BCUT2D eigenvalue weighted by molar-refractivity contribution is 0.434. The number of aromatic nitrogens is 2. The van der Waals surface area contributed by atoms with Crippen LogP contribution < -0.4 is 5.32 Å². The number of benzene rings is 1. The minimum Gasteiger partial charge on any atom is -0.319 e. The summed E-state index contributed by atoms with van der Waals surface area (Å²) in [6, 6.07) is 8.60. The summed E-state index contributed by atoms with van der Waals surface area (Å²) in [4.78, 5) is 9.38. The molecule has 1 unspecified atom stereocenters. The van der Waals surface area contributed by atoms with Gasteiger partial charge in [-0.15, -0.1) is 0 Å². The van der Waals surface area contributed by atoms with Gasteiger partial charge in [0, 0.05) is 17.5 Å². The summed E-state index contributed by atoms with van der Waals surface area (Å²) in [5, 5.41) is 3.28. The molecule has 1 atom stereocenters. The summed E-state index contributed by atoms with van der Waals surface area (Å²) in [7, 11) is 2.02. The molecule has 1 N–H and O–H groups in total. The van der Waals surface area contributed by atoms with Gasteiger partial charge in [0.15, 0.2) is 5.82 Å². The van der Waals surface area contributed by atoms with Gasteiger partial charge in [-0.2, -0.15) is 0 Å². The maximum Gasteiger partial charge on any atom is 0.159 e. The number of nitrogens with one attached hydrogen (secondary N) is 1. The fourth-order valence-electron chi connectivity index (χ4n) is 3.07. The molecule has 1 aromatic heterocycles. The first-order valence-electron chi connectivity index (χ1n) is 7.89. The molecule has 0 saturated carbocycles. The van der Waals surface area contributed by atoms with E-state index < -0.39 is 0 Å². The zero-order valence-electron chi connectivity index (χ0n) is 12.9. The highest BCUT2D eigenvalue weighted by molar-refractivity contribution is 5.55. The molecule has 0 radical (unpaired) electrons. The quantitative estimate of drug-likeness (QED) is 0.936. The molecule has 0 spiro atoms. The van der Waals surface area contributed by atoms with E-state index in [9.17, 15) is 0 Å². The average Bonchev–Trinajstić information content (AvgIpc) is 2.55. The summed E-state index contributed by atoms with van der Waals surface area (Å²) >= 11 is 0. The van der Waals surface area contributed by atoms with Crippen LogP contribution in [0.3, 0.4) is 0 Å². The van der Waals surface area contributed by atoms with E-state index in [1.807, 2.05) is 13.2 Å². The fraction of sp³-hybridized carbons (Fsp3) is 0.444. The van der Waals surface area contributed by atoms with Gasteiger partial charge in [-0.3, -0.25) is 0 Å². The normalized spacial score (nSPS) is 17.5. The number of fused-ring (bicyclic) bond motifs is 1. The minimum atomic E-state index is 0.723. The van der Waals surface area contributed by atoms with E-state index in [4.69, 9.17) is 4.98 Å². The molecule has 0 bridgehead atoms. The van der Waals surface area contributed by atoms with E-state index in [0.717, 1.165) is 43.1 Å². The smallest absolute Gasteiger partial charge is 0.159 e. The molecule has 1 aromatic carbocycles. The summed E-state index contributed by atoms with van der Waals surface area (Å²) in [6.45, 7) is 3.26. The molecule has 1 aliphatic carbocycles. The Kier molecular flexibility index (Phi) is 4.30. The number of rotatable bonds is 4. The van der Waals surface area contributed by atoms with Crippen molar-refractivity contribution in [2.75, 3.05) is 13.6 Å². The van der Waals surface area contributed by atoms with Gasteiger partial charge in [0.1, 0.15) is 0 Å². The van der Waals surface area contributed by atoms with Crippen molar-refractivity contribution in [3.05, 3.63) is 47.3 Å². The van der Waals surface area contributed by atoms with E-state index in [1.54, 1.807) is 0 Å². The van der Waals surface area contributed by atoms with Gasteiger partial charge in [0.2, 0.25) is 0 Å². The lowest BCUT2D eigenvalue weighted by Crippen LogP contribution is -2.25. The van der Waals surface area contributed by atoms with Crippen molar-refractivity contribution in [1.82, 2.24) is 15.3 Å². The highest BCUT2D eigenvalue weighted by Crippen LogP contribution is 2.25. The molecule has 1 aliphatic rings. The summed E-state index contributed by atoms with van der Waals surface area (Å²) in [5.74, 6) is 1.59. The Morgan fingerprint density at radius 3 is 2.76 bits per heavy atom. The maximum atomic E-state index is 4.80. The van der Waals surface area contributed by atoms with Crippen LogP contribution in [0, 0.1) is 5.92 Å². The van der Waals surface area contributed by atoms with Gasteiger partial charge in [-0.05, 0) is 56.3 Å². The van der Waals surface area contributed by atoms with Gasteiger partial charge in [-0.1, -0.05) is 31.2 Å². The van der Waals surface area contributed by atoms with Gasteiger partial charge in [-0.25, -0.2) is 9.97 Å². The first-order chi connectivity index (χ1) is 10.3. The van der Waals surface area contributed by atoms with Crippen LogP contribution in [0.2, 0.25) is 0 Å². The van der Waals surface area contributed by atoms with Crippen molar-refractivity contribution >= 4 is 0 Å². The molecule has 0 amide bonds. The minimum absolute atomic E-state index is 0.723. The zero-order chi connectivity index (χ0) is 14.7. The lowest BCUT2D eigenvalue weighted by atomic mass is 9.87. The second-order valence-electron chi connectivity index (χ2n) is 5.88. The van der Waals surface area contributed by atoms with E-state index in [0.29, 0.717) is 0 Å². The third-order valence-electron chi connectivity index (χ3n) is 4.37. The molecule has 110 valence electrons. The largest absolute Gasteiger partial charge is 0.319 e. The van der Waals surface area contributed by atoms with Crippen LogP contribution in [-0.4, -0.2) is 23.6 Å². The Balaban J connectivity index is 1.83. The third-order valence-corrected chi connectivity index (χ3v) is 4.37. The van der Waals surface area contributed by atoms with Crippen LogP contribution in [0.5, 0.6) is 0 Å². The highest BCUT2D eigenvalue weighted by atomic mass is 14.9. The van der Waals surface area contributed by atoms with E-state index in [1.165, 1.54) is 23.2 Å². The standard InChI is InChI=1S/C18H23N3/c1-3-13-4-7-15(8-5-13)18-20-12-16-10-14(11-19-2)6-9-17(16)21-18/h4-5,7-8,12,14,19H,3,6,9-11H2,1-2H3. The van der Waals surface area contributed by atoms with Gasteiger partial charge < -0.3 is 5.32 Å². The van der Waals surface area contributed by atoms with Crippen molar-refractivity contribution in [1.29, 1.82) is 0 Å². The Morgan fingerprint density at radius 1 is 1.24 bits per heavy atom. The second kappa shape index (κ2) is 6.35. The maximum absolute atomic E-state index is 4.80. The van der Waals surface area contributed by atoms with Gasteiger partial charge in [0.05, 0.1) is 0 Å². The molecule has 3 nitrogen and oxygen atoms in total. The molecule has 0 saturated heterocycles. The first-order valence-corrected chi connectivity index (χ1v) is 7.89. The number of hydrogen-bond acceptors (Lipinski definition) is 3. The summed E-state index contributed by atoms with van der Waals surface area (Å²) in [6.07, 6.45) is 6.50. The van der Waals surface area contributed by atoms with Crippen LogP contribution in [0.1, 0.15) is 30.2 Å². The van der Waals surface area contributed by atoms with E-state index >= 15 is 0 Å². The fourth-order valence-corrected chi connectivity index (χ4v) is 3.07. The van der Waals surface area contributed by atoms with Gasteiger partial charge >= 0.3 is 0 Å². The first kappa shape index (κ1) is 14.2. The van der Waals surface area contributed by atoms with Crippen LogP contribution in [0.25, 0.3) is 11.4 Å².